The van der Waals surface area contributed by atoms with Gasteiger partial charge in [-0.1, -0.05) is 19.1 Å². The number of hydrogen-bond acceptors (Lipinski definition) is 3. The largest absolute Gasteiger partial charge is 0.462 e. The molecule has 1 heterocycles. The van der Waals surface area contributed by atoms with E-state index in [9.17, 15) is 9.90 Å². The van der Waals surface area contributed by atoms with Crippen molar-refractivity contribution in [2.24, 2.45) is 17.8 Å². The first-order valence-corrected chi connectivity index (χ1v) is 7.07. The molecule has 1 N–H and O–H groups in total. The zero-order valence-corrected chi connectivity index (χ0v) is 11.6. The maximum atomic E-state index is 11.3. The van der Waals surface area contributed by atoms with Crippen molar-refractivity contribution in [3.05, 3.63) is 12.2 Å². The summed E-state index contributed by atoms with van der Waals surface area (Å²) in [5, 5.41) is 10.0. The van der Waals surface area contributed by atoms with Gasteiger partial charge in [-0.15, -0.1) is 11.8 Å². The van der Waals surface area contributed by atoms with Crippen molar-refractivity contribution in [3.63, 3.8) is 0 Å². The Labute approximate surface area is 115 Å². The van der Waals surface area contributed by atoms with Crippen LogP contribution in [0.5, 0.6) is 0 Å². The van der Waals surface area contributed by atoms with Gasteiger partial charge in [0.2, 0.25) is 0 Å². The summed E-state index contributed by atoms with van der Waals surface area (Å²) in [5.41, 5.74) is 0. The maximum absolute atomic E-state index is 11.3. The van der Waals surface area contributed by atoms with Gasteiger partial charge in [-0.25, -0.2) is 0 Å². The molecule has 0 aromatic carbocycles. The Kier molecular flexibility index (Phi) is 4.66. The minimum atomic E-state index is -0.460. The number of carbonyl (C=O) groups is 1. The van der Waals surface area contributed by atoms with Gasteiger partial charge in [0.1, 0.15) is 6.10 Å². The van der Waals surface area contributed by atoms with Gasteiger partial charge in [-0.05, 0) is 31.6 Å². The summed E-state index contributed by atoms with van der Waals surface area (Å²) in [5.74, 6) is 6.60. The predicted molar refractivity (Wildman–Crippen MR) is 73.1 cm³/mol. The smallest absolute Gasteiger partial charge is 0.306 e. The van der Waals surface area contributed by atoms with Crippen LogP contribution in [0.2, 0.25) is 0 Å². The fraction of sp³-hybridized carbons (Fsp3) is 0.688. The summed E-state index contributed by atoms with van der Waals surface area (Å²) in [6, 6.07) is 0. The maximum Gasteiger partial charge on any atom is 0.306 e. The molecule has 1 saturated heterocycles. The highest BCUT2D eigenvalue weighted by Crippen LogP contribution is 2.41. The van der Waals surface area contributed by atoms with E-state index in [1.54, 1.807) is 0 Å². The van der Waals surface area contributed by atoms with Crippen molar-refractivity contribution >= 4 is 5.97 Å². The lowest BCUT2D eigenvalue weighted by Gasteiger charge is -2.15. The number of esters is 1. The highest BCUT2D eigenvalue weighted by Gasteiger charge is 2.43. The molecule has 1 aliphatic heterocycles. The van der Waals surface area contributed by atoms with Gasteiger partial charge in [0.05, 0.1) is 12.5 Å². The van der Waals surface area contributed by atoms with Crippen LogP contribution in [0, 0.1) is 29.6 Å². The van der Waals surface area contributed by atoms with E-state index in [0.29, 0.717) is 24.7 Å². The van der Waals surface area contributed by atoms with Gasteiger partial charge in [0.25, 0.3) is 0 Å². The summed E-state index contributed by atoms with van der Waals surface area (Å²) in [4.78, 5) is 11.3. The third-order valence-electron chi connectivity index (χ3n) is 4.24. The molecule has 0 aromatic rings. The lowest BCUT2D eigenvalue weighted by molar-refractivity contribution is -0.141. The van der Waals surface area contributed by atoms with E-state index in [4.69, 9.17) is 4.74 Å². The van der Waals surface area contributed by atoms with E-state index in [2.05, 4.69) is 17.9 Å². The molecule has 0 aromatic heterocycles. The van der Waals surface area contributed by atoms with E-state index >= 15 is 0 Å². The van der Waals surface area contributed by atoms with Crippen LogP contribution in [0.4, 0.5) is 0 Å². The Balaban J connectivity index is 1.87. The molecule has 3 nitrogen and oxygen atoms in total. The molecule has 2 fully saturated rings. The first kappa shape index (κ1) is 14.1. The van der Waals surface area contributed by atoms with Crippen LogP contribution in [-0.4, -0.2) is 23.3 Å². The van der Waals surface area contributed by atoms with Crippen LogP contribution >= 0.6 is 0 Å². The van der Waals surface area contributed by atoms with E-state index in [-0.39, 0.29) is 18.0 Å². The SMILES string of the molecule is CC#CCC(C)[C@H](O)C=C[C@H]1CC[C@@H]2OC(=O)C[C@@H]21. The molecular weight excluding hydrogens is 240 g/mol. The number of fused-ring (bicyclic) bond motifs is 1. The summed E-state index contributed by atoms with van der Waals surface area (Å²) in [6.07, 6.45) is 6.85. The Bertz CT molecular complexity index is 415. The number of rotatable bonds is 4. The summed E-state index contributed by atoms with van der Waals surface area (Å²) < 4.78 is 5.27. The standard InChI is InChI=1S/C16H22O3/c1-3-4-5-11(2)14(17)8-6-12-7-9-15-13(12)10-16(18)19-15/h6,8,11-15,17H,5,7,9-10H2,1-2H3/t11?,12-,13+,14+,15-/m0/s1. The molecule has 5 atom stereocenters. The highest BCUT2D eigenvalue weighted by atomic mass is 16.5. The molecule has 19 heavy (non-hydrogen) atoms. The van der Waals surface area contributed by atoms with Crippen LogP contribution < -0.4 is 0 Å². The summed E-state index contributed by atoms with van der Waals surface area (Å²) in [7, 11) is 0. The van der Waals surface area contributed by atoms with E-state index in [1.165, 1.54) is 0 Å². The monoisotopic (exact) mass is 262 g/mol. The molecule has 2 rings (SSSR count). The molecule has 1 unspecified atom stereocenters. The fourth-order valence-corrected chi connectivity index (χ4v) is 2.97. The minimum absolute atomic E-state index is 0.0692. The molecule has 3 heteroatoms. The highest BCUT2D eigenvalue weighted by molar-refractivity contribution is 5.72. The third-order valence-corrected chi connectivity index (χ3v) is 4.24. The van der Waals surface area contributed by atoms with E-state index in [1.807, 2.05) is 19.9 Å². The molecule has 0 amide bonds. The topological polar surface area (TPSA) is 46.5 Å². The van der Waals surface area contributed by atoms with Crippen molar-refractivity contribution in [3.8, 4) is 11.8 Å². The van der Waals surface area contributed by atoms with E-state index < -0.39 is 6.10 Å². The normalized spacial score (nSPS) is 32.6. The minimum Gasteiger partial charge on any atom is -0.462 e. The molecule has 0 radical (unpaired) electrons. The zero-order chi connectivity index (χ0) is 13.8. The number of allylic oxidation sites excluding steroid dienone is 1. The van der Waals surface area contributed by atoms with Gasteiger partial charge in [-0.3, -0.25) is 4.79 Å². The second-order valence-electron chi connectivity index (χ2n) is 5.62. The lowest BCUT2D eigenvalue weighted by Crippen LogP contribution is -2.16. The quantitative estimate of drug-likeness (QED) is 0.480. The molecular formula is C16H22O3. The Morgan fingerprint density at radius 2 is 2.32 bits per heavy atom. The molecule has 1 aliphatic carbocycles. The average molecular weight is 262 g/mol. The van der Waals surface area contributed by atoms with Crippen LogP contribution in [-0.2, 0) is 9.53 Å². The Morgan fingerprint density at radius 3 is 3.05 bits per heavy atom. The Morgan fingerprint density at radius 1 is 1.53 bits per heavy atom. The van der Waals surface area contributed by atoms with Gasteiger partial charge in [0.15, 0.2) is 0 Å². The average Bonchev–Trinajstić information content (AvgIpc) is 2.92. The number of aliphatic hydroxyl groups excluding tert-OH is 1. The Hall–Kier alpha value is -1.27. The van der Waals surface area contributed by atoms with Crippen molar-refractivity contribution in [2.45, 2.75) is 51.7 Å². The molecule has 2 aliphatic rings. The first-order chi connectivity index (χ1) is 9.11. The second kappa shape index (κ2) is 6.25. The van der Waals surface area contributed by atoms with Crippen LogP contribution in [0.15, 0.2) is 12.2 Å². The summed E-state index contributed by atoms with van der Waals surface area (Å²) >= 11 is 0. The predicted octanol–water partition coefficient (Wildman–Crippen LogP) is 2.29. The van der Waals surface area contributed by atoms with Crippen molar-refractivity contribution in [1.82, 2.24) is 0 Å². The second-order valence-corrected chi connectivity index (χ2v) is 5.62. The summed E-state index contributed by atoms with van der Waals surface area (Å²) in [6.45, 7) is 3.81. The van der Waals surface area contributed by atoms with Crippen LogP contribution in [0.3, 0.4) is 0 Å². The first-order valence-electron chi connectivity index (χ1n) is 7.07. The van der Waals surface area contributed by atoms with Crippen LogP contribution in [0.1, 0.15) is 39.5 Å². The number of carbonyl (C=O) groups excluding carboxylic acids is 1. The lowest BCUT2D eigenvalue weighted by atomic mass is 9.91. The van der Waals surface area contributed by atoms with Gasteiger partial charge in [-0.2, -0.15) is 0 Å². The molecule has 1 saturated carbocycles. The number of aliphatic hydroxyl groups is 1. The zero-order valence-electron chi connectivity index (χ0n) is 11.6. The molecule has 0 bridgehead atoms. The molecule has 104 valence electrons. The van der Waals surface area contributed by atoms with E-state index in [0.717, 1.165) is 12.8 Å². The third kappa shape index (κ3) is 3.39. The van der Waals surface area contributed by atoms with Gasteiger partial charge < -0.3 is 9.84 Å². The van der Waals surface area contributed by atoms with Gasteiger partial charge >= 0.3 is 5.97 Å². The fourth-order valence-electron chi connectivity index (χ4n) is 2.97. The molecule has 0 spiro atoms. The van der Waals surface area contributed by atoms with Gasteiger partial charge in [0, 0.05) is 12.3 Å². The number of hydrogen-bond donors (Lipinski definition) is 1. The van der Waals surface area contributed by atoms with Crippen molar-refractivity contribution in [1.29, 1.82) is 0 Å². The number of ether oxygens (including phenoxy) is 1. The van der Waals surface area contributed by atoms with Crippen molar-refractivity contribution in [2.75, 3.05) is 0 Å². The van der Waals surface area contributed by atoms with Crippen LogP contribution in [0.25, 0.3) is 0 Å². The van der Waals surface area contributed by atoms with Crippen molar-refractivity contribution < 1.29 is 14.6 Å².